The van der Waals surface area contributed by atoms with Gasteiger partial charge in [0.25, 0.3) is 5.91 Å². The fourth-order valence-electron chi connectivity index (χ4n) is 1.84. The summed E-state index contributed by atoms with van der Waals surface area (Å²) in [6, 6.07) is 11.1. The van der Waals surface area contributed by atoms with Crippen molar-refractivity contribution in [2.45, 2.75) is 0 Å². The minimum atomic E-state index is -1.09. The molecular weight excluding hydrogens is 312 g/mol. The number of carboxylic acid groups (broad SMARTS) is 1. The molecule has 0 radical (unpaired) electrons. The Morgan fingerprint density at radius 2 is 1.71 bits per heavy atom. The molecule has 4 N–H and O–H groups in total. The van der Waals surface area contributed by atoms with Crippen LogP contribution in [0.1, 0.15) is 15.9 Å². The molecule has 0 saturated carbocycles. The van der Waals surface area contributed by atoms with Crippen LogP contribution in [0.2, 0.25) is 0 Å². The van der Waals surface area contributed by atoms with Crippen LogP contribution in [0, 0.1) is 11.3 Å². The lowest BCUT2D eigenvalue weighted by Gasteiger charge is -2.05. The van der Waals surface area contributed by atoms with Gasteiger partial charge in [0.1, 0.15) is 11.6 Å². The predicted octanol–water partition coefficient (Wildman–Crippen LogP) is 2.34. The molecule has 0 atom stereocenters. The van der Waals surface area contributed by atoms with E-state index in [1.54, 1.807) is 6.07 Å². The van der Waals surface area contributed by atoms with Crippen LogP contribution < -0.4 is 5.32 Å². The van der Waals surface area contributed by atoms with E-state index in [0.717, 1.165) is 0 Å². The Balaban J connectivity index is 2.19. The van der Waals surface area contributed by atoms with Crippen molar-refractivity contribution in [1.29, 1.82) is 5.26 Å². The normalized spacial score (nSPS) is 10.7. The van der Waals surface area contributed by atoms with Crippen molar-refractivity contribution in [2.24, 2.45) is 0 Å². The van der Waals surface area contributed by atoms with E-state index >= 15 is 0 Å². The summed E-state index contributed by atoms with van der Waals surface area (Å²) in [6.07, 6.45) is 1.25. The Kier molecular flexibility index (Phi) is 4.82. The van der Waals surface area contributed by atoms with E-state index in [9.17, 15) is 19.8 Å². The SMILES string of the molecule is N#C/C(=C/c1ccc(O)c(O)c1)C(=O)Nc1ccc(C(=O)O)cc1. The van der Waals surface area contributed by atoms with Gasteiger partial charge in [0.05, 0.1) is 5.56 Å². The van der Waals surface area contributed by atoms with Crippen LogP contribution in [0.5, 0.6) is 11.5 Å². The lowest BCUT2D eigenvalue weighted by molar-refractivity contribution is -0.112. The fourth-order valence-corrected chi connectivity index (χ4v) is 1.84. The zero-order valence-electron chi connectivity index (χ0n) is 12.2. The van der Waals surface area contributed by atoms with Gasteiger partial charge in [-0.3, -0.25) is 4.79 Å². The second kappa shape index (κ2) is 6.98. The molecule has 0 fully saturated rings. The Morgan fingerprint density at radius 1 is 1.04 bits per heavy atom. The maximum atomic E-state index is 12.1. The van der Waals surface area contributed by atoms with Crippen molar-refractivity contribution in [3.63, 3.8) is 0 Å². The van der Waals surface area contributed by atoms with E-state index in [2.05, 4.69) is 5.32 Å². The molecule has 0 aliphatic rings. The molecule has 7 heteroatoms. The van der Waals surface area contributed by atoms with Crippen molar-refractivity contribution >= 4 is 23.6 Å². The summed E-state index contributed by atoms with van der Waals surface area (Å²) in [5, 5.41) is 39.1. The number of hydrogen-bond donors (Lipinski definition) is 4. The second-order valence-corrected chi connectivity index (χ2v) is 4.75. The number of nitriles is 1. The molecule has 120 valence electrons. The zero-order valence-corrected chi connectivity index (χ0v) is 12.2. The summed E-state index contributed by atoms with van der Waals surface area (Å²) >= 11 is 0. The highest BCUT2D eigenvalue weighted by atomic mass is 16.4. The summed E-state index contributed by atoms with van der Waals surface area (Å²) in [5.41, 5.74) is 0.545. The maximum absolute atomic E-state index is 12.1. The minimum Gasteiger partial charge on any atom is -0.504 e. The van der Waals surface area contributed by atoms with E-state index in [-0.39, 0.29) is 22.6 Å². The van der Waals surface area contributed by atoms with Gasteiger partial charge in [0, 0.05) is 5.69 Å². The van der Waals surface area contributed by atoms with Gasteiger partial charge >= 0.3 is 5.97 Å². The van der Waals surface area contributed by atoms with Gasteiger partial charge in [0.2, 0.25) is 0 Å². The van der Waals surface area contributed by atoms with Crippen molar-refractivity contribution in [3.05, 3.63) is 59.2 Å². The molecule has 2 aromatic carbocycles. The van der Waals surface area contributed by atoms with E-state index in [1.807, 2.05) is 0 Å². The van der Waals surface area contributed by atoms with Crippen molar-refractivity contribution in [1.82, 2.24) is 0 Å². The third-order valence-electron chi connectivity index (χ3n) is 3.07. The smallest absolute Gasteiger partial charge is 0.335 e. The zero-order chi connectivity index (χ0) is 17.7. The van der Waals surface area contributed by atoms with Gasteiger partial charge in [-0.05, 0) is 48.0 Å². The summed E-state index contributed by atoms with van der Waals surface area (Å²) in [7, 11) is 0. The van der Waals surface area contributed by atoms with Crippen molar-refractivity contribution < 1.29 is 24.9 Å². The van der Waals surface area contributed by atoms with E-state index < -0.39 is 11.9 Å². The van der Waals surface area contributed by atoms with Crippen molar-refractivity contribution in [2.75, 3.05) is 5.32 Å². The fraction of sp³-hybridized carbons (Fsp3) is 0. The molecular formula is C17H12N2O5. The number of benzene rings is 2. The molecule has 0 spiro atoms. The first kappa shape index (κ1) is 16.6. The van der Waals surface area contributed by atoms with E-state index in [4.69, 9.17) is 10.4 Å². The molecule has 7 nitrogen and oxygen atoms in total. The van der Waals surface area contributed by atoms with E-state index in [1.165, 1.54) is 48.5 Å². The number of phenols is 2. The van der Waals surface area contributed by atoms with Gasteiger partial charge in [-0.15, -0.1) is 0 Å². The summed E-state index contributed by atoms with van der Waals surface area (Å²) in [5.74, 6) is -2.45. The number of nitrogens with one attached hydrogen (secondary N) is 1. The maximum Gasteiger partial charge on any atom is 0.335 e. The summed E-state index contributed by atoms with van der Waals surface area (Å²) < 4.78 is 0. The molecule has 24 heavy (non-hydrogen) atoms. The first-order chi connectivity index (χ1) is 11.4. The van der Waals surface area contributed by atoms with Gasteiger partial charge in [-0.1, -0.05) is 6.07 Å². The average Bonchev–Trinajstić information content (AvgIpc) is 2.56. The molecule has 0 aromatic heterocycles. The molecule has 1 amide bonds. The highest BCUT2D eigenvalue weighted by Crippen LogP contribution is 2.26. The standard InChI is InChI=1S/C17H12N2O5/c18-9-12(7-10-1-6-14(20)15(21)8-10)16(22)19-13-4-2-11(3-5-13)17(23)24/h1-8,20-21H,(H,19,22)(H,23,24)/b12-7-. The van der Waals surface area contributed by atoms with Crippen LogP contribution in [0.25, 0.3) is 6.08 Å². The first-order valence-electron chi connectivity index (χ1n) is 6.69. The highest BCUT2D eigenvalue weighted by Gasteiger charge is 2.11. The van der Waals surface area contributed by atoms with Crippen molar-refractivity contribution in [3.8, 4) is 17.6 Å². The van der Waals surface area contributed by atoms with E-state index in [0.29, 0.717) is 11.3 Å². The number of carbonyl (C=O) groups excluding carboxylic acids is 1. The molecule has 0 bridgehead atoms. The number of aromatic carboxylic acids is 1. The summed E-state index contributed by atoms with van der Waals surface area (Å²) in [6.45, 7) is 0. The quantitative estimate of drug-likeness (QED) is 0.388. The molecule has 0 aliphatic heterocycles. The minimum absolute atomic E-state index is 0.0728. The van der Waals surface area contributed by atoms with Crippen LogP contribution in [0.4, 0.5) is 5.69 Å². The Bertz CT molecular complexity index is 864. The molecule has 0 aliphatic carbocycles. The number of aromatic hydroxyl groups is 2. The van der Waals surface area contributed by atoms with Gasteiger partial charge in [0.15, 0.2) is 11.5 Å². The number of amides is 1. The van der Waals surface area contributed by atoms with Crippen LogP contribution in [-0.2, 0) is 4.79 Å². The Hall–Kier alpha value is -3.79. The third-order valence-corrected chi connectivity index (χ3v) is 3.07. The number of carbonyl (C=O) groups is 2. The number of phenolic OH excluding ortho intramolecular Hbond substituents is 2. The average molecular weight is 324 g/mol. The molecule has 0 unspecified atom stereocenters. The lowest BCUT2D eigenvalue weighted by atomic mass is 10.1. The van der Waals surface area contributed by atoms with Gasteiger partial charge in [-0.2, -0.15) is 5.26 Å². The molecule has 2 rings (SSSR count). The number of rotatable bonds is 4. The third kappa shape index (κ3) is 3.90. The molecule has 0 heterocycles. The highest BCUT2D eigenvalue weighted by molar-refractivity contribution is 6.09. The predicted molar refractivity (Wildman–Crippen MR) is 85.4 cm³/mol. The number of nitrogens with zero attached hydrogens (tertiary/aromatic N) is 1. The number of anilines is 1. The molecule has 2 aromatic rings. The largest absolute Gasteiger partial charge is 0.504 e. The number of carboxylic acids is 1. The monoisotopic (exact) mass is 324 g/mol. The second-order valence-electron chi connectivity index (χ2n) is 4.75. The van der Waals surface area contributed by atoms with Crippen LogP contribution in [-0.4, -0.2) is 27.2 Å². The summed E-state index contributed by atoms with van der Waals surface area (Å²) in [4.78, 5) is 22.9. The van der Waals surface area contributed by atoms with Crippen LogP contribution >= 0.6 is 0 Å². The van der Waals surface area contributed by atoms with Crippen LogP contribution in [0.3, 0.4) is 0 Å². The molecule has 0 saturated heterocycles. The Morgan fingerprint density at radius 3 is 2.25 bits per heavy atom. The van der Waals surface area contributed by atoms with Gasteiger partial charge < -0.3 is 20.6 Å². The van der Waals surface area contributed by atoms with Gasteiger partial charge in [-0.25, -0.2) is 4.79 Å². The number of hydrogen-bond acceptors (Lipinski definition) is 5. The lowest BCUT2D eigenvalue weighted by Crippen LogP contribution is -2.13. The Labute approximate surface area is 136 Å². The van der Waals surface area contributed by atoms with Crippen LogP contribution in [0.15, 0.2) is 48.0 Å². The first-order valence-corrected chi connectivity index (χ1v) is 6.69. The topological polar surface area (TPSA) is 131 Å².